The first-order valence-corrected chi connectivity index (χ1v) is 11.1. The van der Waals surface area contributed by atoms with Gasteiger partial charge in [0, 0.05) is 35.6 Å². The summed E-state index contributed by atoms with van der Waals surface area (Å²) >= 11 is 0. The Balaban J connectivity index is 1.71. The lowest BCUT2D eigenvalue weighted by Gasteiger charge is -2.34. The van der Waals surface area contributed by atoms with E-state index in [1.165, 1.54) is 18.4 Å². The van der Waals surface area contributed by atoms with Gasteiger partial charge in [0.05, 0.1) is 0 Å². The summed E-state index contributed by atoms with van der Waals surface area (Å²) in [4.78, 5) is 12.4. The number of rotatable bonds is 6. The Bertz CT molecular complexity index is 1040. The maximum Gasteiger partial charge on any atom is 0.352 e. The zero-order valence-corrected chi connectivity index (χ0v) is 18.2. The molecule has 2 N–H and O–H groups in total. The van der Waals surface area contributed by atoms with Crippen molar-refractivity contribution in [2.45, 2.75) is 59.2 Å². The summed E-state index contributed by atoms with van der Waals surface area (Å²) in [7, 11) is 0. The number of hydrogen-bond acceptors (Lipinski definition) is 2. The number of carboxylic acid groups (broad SMARTS) is 1. The van der Waals surface area contributed by atoms with E-state index in [1.54, 1.807) is 0 Å². The van der Waals surface area contributed by atoms with Crippen LogP contribution < -0.4 is 5.32 Å². The highest BCUT2D eigenvalue weighted by molar-refractivity contribution is 5.98. The Labute approximate surface area is 178 Å². The van der Waals surface area contributed by atoms with Gasteiger partial charge in [-0.1, -0.05) is 74.7 Å². The van der Waals surface area contributed by atoms with E-state index in [0.717, 1.165) is 28.5 Å². The molecule has 1 aromatic heterocycles. The lowest BCUT2D eigenvalue weighted by molar-refractivity contribution is 0.0684. The van der Waals surface area contributed by atoms with Gasteiger partial charge in [-0.3, -0.25) is 0 Å². The van der Waals surface area contributed by atoms with Gasteiger partial charge < -0.3 is 15.0 Å². The molecule has 1 aliphatic rings. The van der Waals surface area contributed by atoms with Gasteiger partial charge in [0.15, 0.2) is 0 Å². The third-order valence-corrected chi connectivity index (χ3v) is 6.99. The Hall–Kier alpha value is -2.59. The van der Waals surface area contributed by atoms with Crippen molar-refractivity contribution in [1.82, 2.24) is 9.88 Å². The van der Waals surface area contributed by atoms with Crippen LogP contribution in [0.4, 0.5) is 0 Å². The van der Waals surface area contributed by atoms with Crippen LogP contribution in [0.1, 0.15) is 60.3 Å². The molecule has 4 nitrogen and oxygen atoms in total. The van der Waals surface area contributed by atoms with Crippen molar-refractivity contribution >= 4 is 16.9 Å². The van der Waals surface area contributed by atoms with Gasteiger partial charge >= 0.3 is 5.97 Å². The second kappa shape index (κ2) is 8.65. The quantitative estimate of drug-likeness (QED) is 0.561. The average Bonchev–Trinajstić information content (AvgIpc) is 3.04. The molecule has 0 saturated heterocycles. The molecule has 0 spiro atoms. The molecule has 1 aliphatic carbocycles. The number of aromatic nitrogens is 1. The minimum Gasteiger partial charge on any atom is -0.477 e. The lowest BCUT2D eigenvalue weighted by Crippen LogP contribution is -2.40. The molecule has 30 heavy (non-hydrogen) atoms. The van der Waals surface area contributed by atoms with E-state index in [0.29, 0.717) is 36.7 Å². The maximum absolute atomic E-state index is 12.4. The fourth-order valence-corrected chi connectivity index (χ4v) is 4.94. The van der Waals surface area contributed by atoms with Crippen molar-refractivity contribution in [2.24, 2.45) is 11.8 Å². The number of aromatic carboxylic acids is 1. The van der Waals surface area contributed by atoms with Crippen molar-refractivity contribution in [2.75, 3.05) is 0 Å². The first-order valence-electron chi connectivity index (χ1n) is 11.1. The summed E-state index contributed by atoms with van der Waals surface area (Å²) in [5.74, 6) is 0.450. The molecule has 0 unspecified atom stereocenters. The van der Waals surface area contributed by atoms with E-state index >= 15 is 0 Å². The molecule has 0 aliphatic heterocycles. The van der Waals surface area contributed by atoms with Crippen LogP contribution in [0.25, 0.3) is 10.9 Å². The second-order valence-corrected chi connectivity index (χ2v) is 8.98. The van der Waals surface area contributed by atoms with E-state index < -0.39 is 5.97 Å². The fourth-order valence-electron chi connectivity index (χ4n) is 4.94. The molecular formula is C26H32N2O2. The molecule has 4 heteroatoms. The normalized spacial score (nSPS) is 21.8. The van der Waals surface area contributed by atoms with Crippen LogP contribution in [0.2, 0.25) is 0 Å². The Morgan fingerprint density at radius 2 is 1.83 bits per heavy atom. The lowest BCUT2D eigenvalue weighted by atomic mass is 9.78. The van der Waals surface area contributed by atoms with E-state index in [2.05, 4.69) is 56.4 Å². The van der Waals surface area contributed by atoms with Crippen molar-refractivity contribution < 1.29 is 9.90 Å². The van der Waals surface area contributed by atoms with Crippen molar-refractivity contribution in [3.63, 3.8) is 0 Å². The van der Waals surface area contributed by atoms with Crippen LogP contribution >= 0.6 is 0 Å². The first-order chi connectivity index (χ1) is 14.5. The number of aryl methyl sites for hydroxylation is 1. The summed E-state index contributed by atoms with van der Waals surface area (Å²) in [6.07, 6.45) is 3.69. The average molecular weight is 405 g/mol. The predicted molar refractivity (Wildman–Crippen MR) is 122 cm³/mol. The number of nitrogens with zero attached hydrogens (tertiary/aromatic N) is 1. The maximum atomic E-state index is 12.4. The SMILES string of the molecule is Cc1ccc(Cn2c(C(=O)O)c(CN[C@@H]3CCC[C@@H](C)[C@H]3C)c3ccccc32)cc1. The summed E-state index contributed by atoms with van der Waals surface area (Å²) in [6, 6.07) is 16.8. The molecule has 2 aromatic carbocycles. The minimum atomic E-state index is -0.861. The van der Waals surface area contributed by atoms with Crippen molar-refractivity contribution in [3.8, 4) is 0 Å². The number of para-hydroxylation sites is 1. The highest BCUT2D eigenvalue weighted by Gasteiger charge is 2.28. The summed E-state index contributed by atoms with van der Waals surface area (Å²) in [6.45, 7) is 7.85. The van der Waals surface area contributed by atoms with Crippen LogP contribution in [0, 0.1) is 18.8 Å². The minimum absolute atomic E-state index is 0.404. The van der Waals surface area contributed by atoms with E-state index in [4.69, 9.17) is 0 Å². The van der Waals surface area contributed by atoms with Crippen molar-refractivity contribution in [1.29, 1.82) is 0 Å². The largest absolute Gasteiger partial charge is 0.477 e. The van der Waals surface area contributed by atoms with Gasteiger partial charge in [0.2, 0.25) is 0 Å². The third kappa shape index (κ3) is 4.01. The third-order valence-electron chi connectivity index (χ3n) is 6.99. The monoisotopic (exact) mass is 404 g/mol. The van der Waals surface area contributed by atoms with Crippen LogP contribution in [0.5, 0.6) is 0 Å². The first kappa shape index (κ1) is 20.7. The predicted octanol–water partition coefficient (Wildman–Crippen LogP) is 5.61. The molecule has 4 rings (SSSR count). The van der Waals surface area contributed by atoms with E-state index in [1.807, 2.05) is 22.8 Å². The summed E-state index contributed by atoms with van der Waals surface area (Å²) in [5, 5.41) is 14.9. The number of fused-ring (bicyclic) bond motifs is 1. The zero-order chi connectivity index (χ0) is 21.3. The number of carboxylic acids is 1. The highest BCUT2D eigenvalue weighted by Crippen LogP contribution is 2.31. The molecule has 1 fully saturated rings. The molecule has 0 amide bonds. The van der Waals surface area contributed by atoms with Crippen LogP contribution in [0.3, 0.4) is 0 Å². The van der Waals surface area contributed by atoms with Gasteiger partial charge in [0.1, 0.15) is 5.69 Å². The van der Waals surface area contributed by atoms with Gasteiger partial charge in [0.25, 0.3) is 0 Å². The van der Waals surface area contributed by atoms with E-state index in [-0.39, 0.29) is 0 Å². The molecule has 158 valence electrons. The molecule has 3 atom stereocenters. The summed E-state index contributed by atoms with van der Waals surface area (Å²) in [5.41, 5.74) is 4.60. The molecule has 0 radical (unpaired) electrons. The Morgan fingerprint density at radius 1 is 1.10 bits per heavy atom. The Kier molecular flexibility index (Phi) is 5.96. The standard InChI is InChI=1S/C26H32N2O2/c1-17-11-13-20(14-12-17)16-28-24-10-5-4-8-21(24)22(25(28)26(29)30)15-27-23-9-6-7-18(2)19(23)3/h4-5,8,10-14,18-19,23,27H,6-7,9,15-16H2,1-3H3,(H,29,30)/t18-,19-,23-/m1/s1. The molecule has 1 saturated carbocycles. The smallest absolute Gasteiger partial charge is 0.352 e. The van der Waals surface area contributed by atoms with E-state index in [9.17, 15) is 9.90 Å². The topological polar surface area (TPSA) is 54.3 Å². The van der Waals surface area contributed by atoms with Crippen LogP contribution in [-0.4, -0.2) is 21.7 Å². The number of benzene rings is 2. The van der Waals surface area contributed by atoms with Gasteiger partial charge in [-0.15, -0.1) is 0 Å². The Morgan fingerprint density at radius 3 is 2.57 bits per heavy atom. The number of carbonyl (C=O) groups is 1. The molecule has 0 bridgehead atoms. The fraction of sp³-hybridized carbons (Fsp3) is 0.423. The van der Waals surface area contributed by atoms with Gasteiger partial charge in [-0.25, -0.2) is 4.79 Å². The highest BCUT2D eigenvalue weighted by atomic mass is 16.4. The number of hydrogen-bond donors (Lipinski definition) is 2. The van der Waals surface area contributed by atoms with Gasteiger partial charge in [-0.2, -0.15) is 0 Å². The molecule has 1 heterocycles. The van der Waals surface area contributed by atoms with Crippen LogP contribution in [0.15, 0.2) is 48.5 Å². The van der Waals surface area contributed by atoms with Crippen LogP contribution in [-0.2, 0) is 13.1 Å². The molecular weight excluding hydrogens is 372 g/mol. The van der Waals surface area contributed by atoms with Gasteiger partial charge in [-0.05, 0) is 36.8 Å². The number of nitrogens with one attached hydrogen (secondary N) is 1. The molecule has 3 aromatic rings. The zero-order valence-electron chi connectivity index (χ0n) is 18.2. The van der Waals surface area contributed by atoms with Crippen molar-refractivity contribution in [3.05, 3.63) is 70.9 Å². The second-order valence-electron chi connectivity index (χ2n) is 8.98. The summed E-state index contributed by atoms with van der Waals surface area (Å²) < 4.78 is 1.96.